The molecule has 3 atom stereocenters. The molecule has 1 aliphatic rings. The first-order valence-electron chi connectivity index (χ1n) is 7.17. The van der Waals surface area contributed by atoms with Gasteiger partial charge in [-0.1, -0.05) is 6.92 Å². The fraction of sp³-hybridized carbons (Fsp3) is 0.857. The van der Waals surface area contributed by atoms with Crippen LogP contribution < -0.4 is 5.32 Å². The van der Waals surface area contributed by atoms with Gasteiger partial charge in [0, 0.05) is 32.2 Å². The largest absolute Gasteiger partial charge is 0.352 e. The minimum Gasteiger partial charge on any atom is -0.352 e. The summed E-state index contributed by atoms with van der Waals surface area (Å²) in [5.74, 6) is 0.108. The number of amides is 1. The molecule has 3 unspecified atom stereocenters. The maximum Gasteiger partial charge on any atom is 0.237 e. The minimum absolute atomic E-state index is 0.0357. The third-order valence-corrected chi connectivity index (χ3v) is 4.01. The number of hydrogen-bond acceptors (Lipinski definition) is 4. The van der Waals surface area contributed by atoms with Crippen LogP contribution in [0, 0.1) is 11.3 Å². The number of nitrogens with zero attached hydrogens (tertiary/aromatic N) is 3. The Morgan fingerprint density at radius 1 is 1.21 bits per heavy atom. The molecule has 5 heteroatoms. The van der Waals surface area contributed by atoms with E-state index in [1.165, 1.54) is 0 Å². The highest BCUT2D eigenvalue weighted by Crippen LogP contribution is 2.09. The van der Waals surface area contributed by atoms with Crippen molar-refractivity contribution >= 4 is 5.91 Å². The smallest absolute Gasteiger partial charge is 0.237 e. The number of piperazine rings is 1. The predicted molar refractivity (Wildman–Crippen MR) is 75.6 cm³/mol. The maximum atomic E-state index is 12.1. The van der Waals surface area contributed by atoms with Gasteiger partial charge >= 0.3 is 0 Å². The van der Waals surface area contributed by atoms with Crippen LogP contribution in [0.5, 0.6) is 0 Å². The number of hydrogen-bond donors (Lipinski definition) is 1. The molecule has 0 spiro atoms. The van der Waals surface area contributed by atoms with Gasteiger partial charge in [-0.25, -0.2) is 0 Å². The van der Waals surface area contributed by atoms with Gasteiger partial charge in [0.05, 0.1) is 18.2 Å². The molecule has 108 valence electrons. The first kappa shape index (κ1) is 15.9. The van der Waals surface area contributed by atoms with Crippen LogP contribution in [0.3, 0.4) is 0 Å². The first-order valence-corrected chi connectivity index (χ1v) is 7.17. The number of carbonyl (C=O) groups excluding carboxylic acids is 1. The zero-order valence-electron chi connectivity index (χ0n) is 12.5. The molecule has 1 N–H and O–H groups in total. The Morgan fingerprint density at radius 3 is 2.21 bits per heavy atom. The van der Waals surface area contributed by atoms with Crippen LogP contribution in [0.25, 0.3) is 0 Å². The fourth-order valence-corrected chi connectivity index (χ4v) is 2.22. The standard InChI is InChI=1S/C14H26N4O/c1-5-11(2)16-14(19)13(4)18-8-6-17(7-9-18)12(3)10-15/h11-13H,5-9H2,1-4H3,(H,16,19). The van der Waals surface area contributed by atoms with Gasteiger partial charge in [-0.05, 0) is 27.2 Å². The van der Waals surface area contributed by atoms with E-state index >= 15 is 0 Å². The monoisotopic (exact) mass is 266 g/mol. The molecule has 0 aromatic carbocycles. The Balaban J connectivity index is 2.42. The summed E-state index contributed by atoms with van der Waals surface area (Å²) >= 11 is 0. The molecule has 19 heavy (non-hydrogen) atoms. The summed E-state index contributed by atoms with van der Waals surface area (Å²) in [6, 6.07) is 2.37. The molecule has 0 bridgehead atoms. The van der Waals surface area contributed by atoms with Crippen LogP contribution in [-0.2, 0) is 4.79 Å². The highest BCUT2D eigenvalue weighted by molar-refractivity contribution is 5.81. The summed E-state index contributed by atoms with van der Waals surface area (Å²) in [5, 5.41) is 11.9. The van der Waals surface area contributed by atoms with Gasteiger partial charge in [-0.2, -0.15) is 5.26 Å². The molecule has 0 radical (unpaired) electrons. The average molecular weight is 266 g/mol. The van der Waals surface area contributed by atoms with Crippen molar-refractivity contribution in [1.82, 2.24) is 15.1 Å². The number of nitriles is 1. The first-order chi connectivity index (χ1) is 8.99. The van der Waals surface area contributed by atoms with Crippen molar-refractivity contribution in [2.45, 2.75) is 52.2 Å². The summed E-state index contributed by atoms with van der Waals surface area (Å²) < 4.78 is 0. The summed E-state index contributed by atoms with van der Waals surface area (Å²) in [5.41, 5.74) is 0. The predicted octanol–water partition coefficient (Wildman–Crippen LogP) is 0.819. The molecule has 1 saturated heterocycles. The lowest BCUT2D eigenvalue weighted by Gasteiger charge is -2.38. The van der Waals surface area contributed by atoms with Crippen molar-refractivity contribution in [3.8, 4) is 6.07 Å². The van der Waals surface area contributed by atoms with Crippen LogP contribution in [-0.4, -0.2) is 60.0 Å². The van der Waals surface area contributed by atoms with Gasteiger partial charge in [0.25, 0.3) is 0 Å². The van der Waals surface area contributed by atoms with Gasteiger partial charge in [0.1, 0.15) is 0 Å². The molecule has 1 amide bonds. The Kier molecular flexibility index (Phi) is 6.26. The van der Waals surface area contributed by atoms with Gasteiger partial charge < -0.3 is 5.32 Å². The Morgan fingerprint density at radius 2 is 1.74 bits per heavy atom. The highest BCUT2D eigenvalue weighted by Gasteiger charge is 2.27. The van der Waals surface area contributed by atoms with Crippen LogP contribution in [0.1, 0.15) is 34.1 Å². The number of nitrogens with one attached hydrogen (secondary N) is 1. The van der Waals surface area contributed by atoms with E-state index in [0.29, 0.717) is 0 Å². The molecule has 1 fully saturated rings. The molecule has 1 aliphatic heterocycles. The highest BCUT2D eigenvalue weighted by atomic mass is 16.2. The second kappa shape index (κ2) is 7.46. The molecule has 0 saturated carbocycles. The van der Waals surface area contributed by atoms with Crippen molar-refractivity contribution in [3.63, 3.8) is 0 Å². The number of carbonyl (C=O) groups is 1. The topological polar surface area (TPSA) is 59.4 Å². The molecule has 5 nitrogen and oxygen atoms in total. The minimum atomic E-state index is -0.0893. The average Bonchev–Trinajstić information content (AvgIpc) is 2.45. The van der Waals surface area contributed by atoms with Crippen molar-refractivity contribution in [2.75, 3.05) is 26.2 Å². The summed E-state index contributed by atoms with van der Waals surface area (Å²) in [7, 11) is 0. The van der Waals surface area contributed by atoms with E-state index in [0.717, 1.165) is 32.6 Å². The molecular formula is C14H26N4O. The van der Waals surface area contributed by atoms with E-state index in [9.17, 15) is 4.79 Å². The van der Waals surface area contributed by atoms with Gasteiger partial charge in [0.15, 0.2) is 0 Å². The van der Waals surface area contributed by atoms with Crippen molar-refractivity contribution in [3.05, 3.63) is 0 Å². The lowest BCUT2D eigenvalue weighted by molar-refractivity contribution is -0.127. The summed E-state index contributed by atoms with van der Waals surface area (Å²) in [6.45, 7) is 11.4. The van der Waals surface area contributed by atoms with E-state index in [1.807, 2.05) is 20.8 Å². The van der Waals surface area contributed by atoms with E-state index < -0.39 is 0 Å². The third kappa shape index (κ3) is 4.48. The molecule has 0 aliphatic carbocycles. The van der Waals surface area contributed by atoms with Crippen LogP contribution in [0.15, 0.2) is 0 Å². The van der Waals surface area contributed by atoms with Gasteiger partial charge in [0.2, 0.25) is 5.91 Å². The van der Waals surface area contributed by atoms with E-state index in [4.69, 9.17) is 5.26 Å². The third-order valence-electron chi connectivity index (χ3n) is 4.01. The van der Waals surface area contributed by atoms with Gasteiger partial charge in [-0.15, -0.1) is 0 Å². The Bertz CT molecular complexity index is 331. The van der Waals surface area contributed by atoms with Crippen molar-refractivity contribution in [1.29, 1.82) is 5.26 Å². The van der Waals surface area contributed by atoms with Crippen molar-refractivity contribution in [2.24, 2.45) is 0 Å². The van der Waals surface area contributed by atoms with E-state index in [2.05, 4.69) is 28.1 Å². The second-order valence-corrected chi connectivity index (χ2v) is 5.37. The second-order valence-electron chi connectivity index (χ2n) is 5.37. The van der Waals surface area contributed by atoms with Crippen molar-refractivity contribution < 1.29 is 4.79 Å². The molecule has 1 rings (SSSR count). The summed E-state index contributed by atoms with van der Waals surface area (Å²) in [6.07, 6.45) is 0.950. The Hall–Kier alpha value is -1.12. The molecule has 0 aromatic rings. The number of rotatable bonds is 5. The maximum absolute atomic E-state index is 12.1. The fourth-order valence-electron chi connectivity index (χ4n) is 2.22. The lowest BCUT2D eigenvalue weighted by Crippen LogP contribution is -2.55. The van der Waals surface area contributed by atoms with Crippen LogP contribution in [0.2, 0.25) is 0 Å². The normalized spacial score (nSPS) is 22.3. The van der Waals surface area contributed by atoms with E-state index in [1.54, 1.807) is 0 Å². The zero-order chi connectivity index (χ0) is 14.4. The van der Waals surface area contributed by atoms with E-state index in [-0.39, 0.29) is 24.0 Å². The lowest BCUT2D eigenvalue weighted by atomic mass is 10.1. The van der Waals surface area contributed by atoms with Crippen LogP contribution >= 0.6 is 0 Å². The van der Waals surface area contributed by atoms with Crippen LogP contribution in [0.4, 0.5) is 0 Å². The SMILES string of the molecule is CCC(C)NC(=O)C(C)N1CCN(C(C)C#N)CC1. The zero-order valence-corrected chi connectivity index (χ0v) is 12.5. The van der Waals surface area contributed by atoms with Gasteiger partial charge in [-0.3, -0.25) is 14.6 Å². The quantitative estimate of drug-likeness (QED) is 0.800. The summed E-state index contributed by atoms with van der Waals surface area (Å²) in [4.78, 5) is 16.4. The molecular weight excluding hydrogens is 240 g/mol. The molecule has 1 heterocycles. The molecule has 0 aromatic heterocycles. The Labute approximate surface area is 116 Å².